The van der Waals surface area contributed by atoms with Crippen molar-refractivity contribution >= 4 is 33.1 Å². The summed E-state index contributed by atoms with van der Waals surface area (Å²) in [5.41, 5.74) is 7.39. The van der Waals surface area contributed by atoms with Gasteiger partial charge in [0.25, 0.3) is 5.91 Å². The van der Waals surface area contributed by atoms with Crippen LogP contribution in [0.4, 0.5) is 5.69 Å². The highest BCUT2D eigenvalue weighted by atomic mass is 32.1. The van der Waals surface area contributed by atoms with Gasteiger partial charge in [0.1, 0.15) is 10.4 Å². The minimum Gasteiger partial charge on any atom is -0.396 e. The molecule has 1 amide bonds. The van der Waals surface area contributed by atoms with Gasteiger partial charge in [0.15, 0.2) is 0 Å². The van der Waals surface area contributed by atoms with Crippen molar-refractivity contribution < 1.29 is 4.79 Å². The third kappa shape index (κ3) is 2.26. The van der Waals surface area contributed by atoms with Gasteiger partial charge in [-0.3, -0.25) is 9.78 Å². The van der Waals surface area contributed by atoms with Crippen LogP contribution < -0.4 is 5.73 Å². The van der Waals surface area contributed by atoms with Crippen LogP contribution in [-0.4, -0.2) is 28.9 Å². The molecule has 5 heteroatoms. The highest BCUT2D eigenvalue weighted by molar-refractivity contribution is 7.21. The fourth-order valence-corrected chi connectivity index (χ4v) is 3.96. The lowest BCUT2D eigenvalue weighted by Gasteiger charge is -2.15. The zero-order chi connectivity index (χ0) is 14.1. The molecule has 0 spiro atoms. The Hall–Kier alpha value is -1.62. The second kappa shape index (κ2) is 5.40. The normalized spacial score (nSPS) is 18.9. The Morgan fingerprint density at radius 2 is 2.45 bits per heavy atom. The molecule has 2 aromatic rings. The minimum atomic E-state index is 0.0732. The number of hydrogen-bond donors (Lipinski definition) is 1. The van der Waals surface area contributed by atoms with Crippen molar-refractivity contribution in [2.75, 3.05) is 18.8 Å². The van der Waals surface area contributed by atoms with E-state index in [-0.39, 0.29) is 5.91 Å². The second-order valence-corrected chi connectivity index (χ2v) is 6.44. The third-order valence-corrected chi connectivity index (χ3v) is 5.09. The fourth-order valence-electron chi connectivity index (χ4n) is 2.91. The Kier molecular flexibility index (Phi) is 3.61. The molecule has 3 heterocycles. The number of nitrogens with zero attached hydrogens (tertiary/aromatic N) is 2. The average molecular weight is 289 g/mol. The standard InChI is InChI=1S/C15H19N3OS/c1-2-4-10-6-8-18(9-10)15(19)14-12(16)13-11(20-14)5-3-7-17-13/h3,5,7,10H,2,4,6,8-9,16H2,1H3. The van der Waals surface area contributed by atoms with Gasteiger partial charge < -0.3 is 10.6 Å². The second-order valence-electron chi connectivity index (χ2n) is 5.39. The lowest BCUT2D eigenvalue weighted by molar-refractivity contribution is 0.0792. The maximum atomic E-state index is 12.6. The molecule has 1 aliphatic rings. The number of hydrogen-bond acceptors (Lipinski definition) is 4. The monoisotopic (exact) mass is 289 g/mol. The SMILES string of the molecule is CCCC1CCN(C(=O)c2sc3cccnc3c2N)C1. The smallest absolute Gasteiger partial charge is 0.266 e. The van der Waals surface area contributed by atoms with E-state index in [1.54, 1.807) is 6.20 Å². The average Bonchev–Trinajstić information content (AvgIpc) is 3.05. The van der Waals surface area contributed by atoms with Crippen molar-refractivity contribution in [2.24, 2.45) is 5.92 Å². The molecular formula is C15H19N3OS. The van der Waals surface area contributed by atoms with Crippen molar-refractivity contribution in [3.63, 3.8) is 0 Å². The molecule has 1 aliphatic heterocycles. The largest absolute Gasteiger partial charge is 0.396 e. The van der Waals surface area contributed by atoms with Gasteiger partial charge in [0, 0.05) is 19.3 Å². The topological polar surface area (TPSA) is 59.2 Å². The van der Waals surface area contributed by atoms with Crippen LogP contribution in [0.25, 0.3) is 10.2 Å². The summed E-state index contributed by atoms with van der Waals surface area (Å²) in [4.78, 5) is 19.5. The van der Waals surface area contributed by atoms with Crippen LogP contribution in [0.15, 0.2) is 18.3 Å². The van der Waals surface area contributed by atoms with Crippen molar-refractivity contribution in [3.05, 3.63) is 23.2 Å². The molecule has 2 aromatic heterocycles. The van der Waals surface area contributed by atoms with Crippen LogP contribution in [0, 0.1) is 5.92 Å². The van der Waals surface area contributed by atoms with Gasteiger partial charge >= 0.3 is 0 Å². The van der Waals surface area contributed by atoms with Gasteiger partial charge in [0.2, 0.25) is 0 Å². The number of likely N-dealkylation sites (tertiary alicyclic amines) is 1. The number of aromatic nitrogens is 1. The molecule has 1 saturated heterocycles. The van der Waals surface area contributed by atoms with E-state index in [4.69, 9.17) is 5.73 Å². The molecule has 1 unspecified atom stereocenters. The molecule has 0 bridgehead atoms. The first-order valence-electron chi connectivity index (χ1n) is 7.13. The first-order valence-corrected chi connectivity index (χ1v) is 7.94. The Morgan fingerprint density at radius 3 is 3.20 bits per heavy atom. The molecular weight excluding hydrogens is 270 g/mol. The fraction of sp³-hybridized carbons (Fsp3) is 0.467. The summed E-state index contributed by atoms with van der Waals surface area (Å²) < 4.78 is 0.984. The van der Waals surface area contributed by atoms with Crippen LogP contribution in [0.1, 0.15) is 35.9 Å². The van der Waals surface area contributed by atoms with E-state index in [2.05, 4.69) is 11.9 Å². The van der Waals surface area contributed by atoms with Gasteiger partial charge in [-0.15, -0.1) is 11.3 Å². The van der Waals surface area contributed by atoms with Crippen LogP contribution in [0.5, 0.6) is 0 Å². The Morgan fingerprint density at radius 1 is 1.60 bits per heavy atom. The van der Waals surface area contributed by atoms with E-state index in [1.807, 2.05) is 17.0 Å². The van der Waals surface area contributed by atoms with Gasteiger partial charge in [0.05, 0.1) is 10.4 Å². The number of anilines is 1. The lowest BCUT2D eigenvalue weighted by Crippen LogP contribution is -2.28. The van der Waals surface area contributed by atoms with E-state index in [0.717, 1.165) is 29.7 Å². The minimum absolute atomic E-state index is 0.0732. The Balaban J connectivity index is 1.84. The van der Waals surface area contributed by atoms with Gasteiger partial charge in [-0.1, -0.05) is 13.3 Å². The summed E-state index contributed by atoms with van der Waals surface area (Å²) >= 11 is 1.45. The van der Waals surface area contributed by atoms with E-state index >= 15 is 0 Å². The van der Waals surface area contributed by atoms with Crippen LogP contribution in [-0.2, 0) is 0 Å². The van der Waals surface area contributed by atoms with Gasteiger partial charge in [-0.05, 0) is 30.9 Å². The number of nitrogens with two attached hydrogens (primary N) is 1. The van der Waals surface area contributed by atoms with Crippen LogP contribution in [0.3, 0.4) is 0 Å². The Bertz CT molecular complexity index is 637. The Labute approximate surface area is 122 Å². The first-order chi connectivity index (χ1) is 9.70. The van der Waals surface area contributed by atoms with Gasteiger partial charge in [-0.2, -0.15) is 0 Å². The van der Waals surface area contributed by atoms with E-state index in [0.29, 0.717) is 16.5 Å². The number of thiophene rings is 1. The summed E-state index contributed by atoms with van der Waals surface area (Å²) in [5, 5.41) is 0. The van der Waals surface area contributed by atoms with Crippen molar-refractivity contribution in [2.45, 2.75) is 26.2 Å². The summed E-state index contributed by atoms with van der Waals surface area (Å²) in [6.45, 7) is 3.92. The highest BCUT2D eigenvalue weighted by Crippen LogP contribution is 2.34. The number of fused-ring (bicyclic) bond motifs is 1. The maximum Gasteiger partial charge on any atom is 0.266 e. The predicted octanol–water partition coefficient (Wildman–Crippen LogP) is 3.14. The number of amides is 1. The molecule has 20 heavy (non-hydrogen) atoms. The quantitative estimate of drug-likeness (QED) is 0.944. The number of carbonyl (C=O) groups excluding carboxylic acids is 1. The highest BCUT2D eigenvalue weighted by Gasteiger charge is 2.29. The van der Waals surface area contributed by atoms with E-state index < -0.39 is 0 Å². The van der Waals surface area contributed by atoms with Crippen molar-refractivity contribution in [1.82, 2.24) is 9.88 Å². The lowest BCUT2D eigenvalue weighted by atomic mass is 10.0. The maximum absolute atomic E-state index is 12.6. The van der Waals surface area contributed by atoms with E-state index in [1.165, 1.54) is 24.2 Å². The van der Waals surface area contributed by atoms with Crippen LogP contribution in [0.2, 0.25) is 0 Å². The summed E-state index contributed by atoms with van der Waals surface area (Å²) in [6.07, 6.45) is 5.21. The van der Waals surface area contributed by atoms with Crippen molar-refractivity contribution in [3.8, 4) is 0 Å². The van der Waals surface area contributed by atoms with Gasteiger partial charge in [-0.25, -0.2) is 0 Å². The first kappa shape index (κ1) is 13.4. The third-order valence-electron chi connectivity index (χ3n) is 3.95. The molecule has 106 valence electrons. The molecule has 0 aliphatic carbocycles. The molecule has 4 nitrogen and oxygen atoms in total. The molecule has 0 radical (unpaired) electrons. The van der Waals surface area contributed by atoms with Crippen LogP contribution >= 0.6 is 11.3 Å². The predicted molar refractivity (Wildman–Crippen MR) is 83.0 cm³/mol. The molecule has 1 fully saturated rings. The summed E-state index contributed by atoms with van der Waals surface area (Å²) in [6, 6.07) is 3.84. The van der Waals surface area contributed by atoms with Crippen molar-refractivity contribution in [1.29, 1.82) is 0 Å². The molecule has 3 rings (SSSR count). The molecule has 2 N–H and O–H groups in total. The molecule has 0 aromatic carbocycles. The zero-order valence-electron chi connectivity index (χ0n) is 11.6. The summed E-state index contributed by atoms with van der Waals surface area (Å²) in [5.74, 6) is 0.724. The zero-order valence-corrected chi connectivity index (χ0v) is 12.4. The van der Waals surface area contributed by atoms with E-state index in [9.17, 15) is 4.79 Å². The molecule has 1 atom stereocenters. The molecule has 0 saturated carbocycles. The number of rotatable bonds is 3. The number of carbonyl (C=O) groups is 1. The summed E-state index contributed by atoms with van der Waals surface area (Å²) in [7, 11) is 0. The number of nitrogen functional groups attached to an aromatic ring is 1. The number of pyridine rings is 1.